The Kier molecular flexibility index (Phi) is 8.06. The van der Waals surface area contributed by atoms with Gasteiger partial charge in [-0.3, -0.25) is 9.36 Å². The first-order valence-electron chi connectivity index (χ1n) is 10.8. The third-order valence-electron chi connectivity index (χ3n) is 5.09. The summed E-state index contributed by atoms with van der Waals surface area (Å²) in [6, 6.07) is 11.1. The van der Waals surface area contributed by atoms with E-state index in [0.717, 1.165) is 27.2 Å². The van der Waals surface area contributed by atoms with Crippen molar-refractivity contribution in [3.63, 3.8) is 0 Å². The molecule has 2 N–H and O–H groups in total. The molecule has 2 heterocycles. The largest absolute Gasteiger partial charge is 0.493 e. The predicted molar refractivity (Wildman–Crippen MR) is 137 cm³/mol. The van der Waals surface area contributed by atoms with Gasteiger partial charge in [0.05, 0.1) is 25.3 Å². The van der Waals surface area contributed by atoms with Gasteiger partial charge in [0, 0.05) is 28.8 Å². The van der Waals surface area contributed by atoms with Crippen LogP contribution in [-0.2, 0) is 0 Å². The second kappa shape index (κ2) is 10.8. The van der Waals surface area contributed by atoms with Gasteiger partial charge < -0.3 is 19.9 Å². The van der Waals surface area contributed by atoms with Crippen molar-refractivity contribution in [2.45, 2.75) is 33.8 Å². The van der Waals surface area contributed by atoms with Gasteiger partial charge in [0.2, 0.25) is 0 Å². The molecule has 0 spiro atoms. The highest BCUT2D eigenvalue weighted by molar-refractivity contribution is 7.16. The summed E-state index contributed by atoms with van der Waals surface area (Å²) in [6.45, 7) is 7.87. The average molecular weight is 502 g/mol. The van der Waals surface area contributed by atoms with E-state index in [4.69, 9.17) is 31.5 Å². The highest BCUT2D eigenvalue weighted by atomic mass is 35.5. The van der Waals surface area contributed by atoms with Crippen LogP contribution in [0.2, 0.25) is 5.02 Å². The molecule has 4 aromatic rings. The molecule has 0 radical (unpaired) electrons. The molecule has 0 saturated heterocycles. The van der Waals surface area contributed by atoms with E-state index >= 15 is 0 Å². The molecule has 0 aliphatic rings. The molecule has 2 aromatic carbocycles. The Morgan fingerprint density at radius 2 is 1.76 bits per heavy atom. The number of rotatable bonds is 7. The highest BCUT2D eigenvalue weighted by Gasteiger charge is 2.21. The number of halogens is 1. The fraction of sp³-hybridized carbons (Fsp3) is 0.280. The maximum Gasteiger partial charge on any atom is 0.262 e. The van der Waals surface area contributed by atoms with Gasteiger partial charge in [0.1, 0.15) is 28.1 Å². The number of hydrogen-bond donors (Lipinski definition) is 1. The summed E-state index contributed by atoms with van der Waals surface area (Å²) in [6.07, 6.45) is 1.29. The van der Waals surface area contributed by atoms with Crippen LogP contribution in [0.5, 0.6) is 17.2 Å². The van der Waals surface area contributed by atoms with E-state index in [0.29, 0.717) is 27.1 Å². The molecule has 7 nitrogen and oxygen atoms in total. The molecule has 0 saturated carbocycles. The van der Waals surface area contributed by atoms with Crippen LogP contribution < -0.4 is 19.9 Å². The number of aryl methyl sites for hydroxylation is 1. The predicted octanol–water partition coefficient (Wildman–Crippen LogP) is 6.33. The molecule has 0 fully saturated rings. The number of thiophene rings is 1. The van der Waals surface area contributed by atoms with Crippen LogP contribution in [0.4, 0.5) is 0 Å². The van der Waals surface area contributed by atoms with Crippen LogP contribution in [0.3, 0.4) is 0 Å². The summed E-state index contributed by atoms with van der Waals surface area (Å²) in [4.78, 5) is 16.9. The number of nitrogens with two attached hydrogens (primary N) is 1. The average Bonchev–Trinajstić information content (AvgIpc) is 3.44. The molecule has 0 aliphatic carbocycles. The van der Waals surface area contributed by atoms with Gasteiger partial charge in [0.25, 0.3) is 5.91 Å². The molecule has 180 valence electrons. The van der Waals surface area contributed by atoms with E-state index in [-0.39, 0.29) is 6.10 Å². The lowest BCUT2D eigenvalue weighted by Crippen LogP contribution is -2.12. The van der Waals surface area contributed by atoms with Crippen molar-refractivity contribution in [3.8, 4) is 22.2 Å². The first kappa shape index (κ1) is 25.4. The number of ether oxygens (including phenoxy) is 3. The summed E-state index contributed by atoms with van der Waals surface area (Å²) >= 11 is 7.59. The fourth-order valence-corrected chi connectivity index (χ4v) is 4.68. The zero-order valence-electron chi connectivity index (χ0n) is 20.0. The minimum Gasteiger partial charge on any atom is -0.493 e. The molecule has 0 aliphatic heterocycles. The van der Waals surface area contributed by atoms with E-state index in [9.17, 15) is 4.79 Å². The Labute approximate surface area is 208 Å². The summed E-state index contributed by atoms with van der Waals surface area (Å²) in [5, 5.41) is 1.33. The smallest absolute Gasteiger partial charge is 0.262 e. The second-order valence-electron chi connectivity index (χ2n) is 7.24. The Bertz CT molecular complexity index is 1320. The van der Waals surface area contributed by atoms with Crippen LogP contribution in [0, 0.1) is 6.92 Å². The number of nitrogens with zero attached hydrogens (tertiary/aromatic N) is 2. The second-order valence-corrected chi connectivity index (χ2v) is 8.68. The lowest BCUT2D eigenvalue weighted by molar-refractivity contribution is 0.0998. The fourth-order valence-electron chi connectivity index (χ4n) is 3.48. The van der Waals surface area contributed by atoms with Crippen molar-refractivity contribution in [1.29, 1.82) is 0 Å². The maximum absolute atomic E-state index is 12.2. The topological polar surface area (TPSA) is 88.6 Å². The van der Waals surface area contributed by atoms with Gasteiger partial charge in [-0.15, -0.1) is 11.3 Å². The Hall–Kier alpha value is -3.23. The standard InChI is InChI=1S/C23H22ClN3O4S.C2H6/c1-12-5-6-15(24)14(7-12)13(2)31-20-10-21(32-22(20)23(25)28)27-11-26-16-8-18(29-3)19(30-4)9-17(16)27;1-2/h5-11,13H,1-4H3,(H2,25,28);1-2H3. The Morgan fingerprint density at radius 1 is 1.09 bits per heavy atom. The number of fused-ring (bicyclic) bond motifs is 1. The van der Waals surface area contributed by atoms with Crippen molar-refractivity contribution in [2.24, 2.45) is 5.73 Å². The van der Waals surface area contributed by atoms with E-state index in [2.05, 4.69) is 4.98 Å². The normalized spacial score (nSPS) is 11.5. The molecule has 1 atom stereocenters. The lowest BCUT2D eigenvalue weighted by Gasteiger charge is -2.16. The van der Waals surface area contributed by atoms with Crippen LogP contribution >= 0.6 is 22.9 Å². The quantitative estimate of drug-likeness (QED) is 0.319. The number of hydrogen-bond acceptors (Lipinski definition) is 6. The number of amides is 1. The van der Waals surface area contributed by atoms with E-state index in [1.165, 1.54) is 11.3 Å². The lowest BCUT2D eigenvalue weighted by atomic mass is 10.1. The number of imidazole rings is 1. The molecular weight excluding hydrogens is 474 g/mol. The van der Waals surface area contributed by atoms with Gasteiger partial charge in [-0.2, -0.15) is 0 Å². The van der Waals surface area contributed by atoms with E-state index in [1.54, 1.807) is 32.7 Å². The molecular formula is C25H28ClN3O4S. The summed E-state index contributed by atoms with van der Waals surface area (Å²) < 4.78 is 18.8. The van der Waals surface area contributed by atoms with Crippen LogP contribution in [0.15, 0.2) is 42.7 Å². The number of benzene rings is 2. The number of primary amides is 1. The Balaban J connectivity index is 0.00000158. The van der Waals surface area contributed by atoms with Gasteiger partial charge in [0.15, 0.2) is 11.5 Å². The molecule has 0 bridgehead atoms. The summed E-state index contributed by atoms with van der Waals surface area (Å²) in [7, 11) is 3.15. The molecule has 34 heavy (non-hydrogen) atoms. The van der Waals surface area contributed by atoms with Crippen LogP contribution in [0.1, 0.15) is 47.7 Å². The third-order valence-corrected chi connectivity index (χ3v) is 6.57. The molecule has 1 amide bonds. The minimum absolute atomic E-state index is 0.318. The SMILES string of the molecule is CC.COc1cc2ncn(-c3cc(OC(C)c4cc(C)ccc4Cl)c(C(N)=O)s3)c2cc1OC. The van der Waals surface area contributed by atoms with Crippen molar-refractivity contribution in [3.05, 3.63) is 63.8 Å². The monoisotopic (exact) mass is 501 g/mol. The van der Waals surface area contributed by atoms with Gasteiger partial charge in [-0.25, -0.2) is 4.98 Å². The first-order valence-corrected chi connectivity index (χ1v) is 12.0. The van der Waals surface area contributed by atoms with Gasteiger partial charge in [-0.05, 0) is 19.9 Å². The molecule has 4 rings (SSSR count). The van der Waals surface area contributed by atoms with Crippen molar-refractivity contribution in [1.82, 2.24) is 9.55 Å². The van der Waals surface area contributed by atoms with Crippen molar-refractivity contribution >= 4 is 39.9 Å². The third kappa shape index (κ3) is 4.98. The van der Waals surface area contributed by atoms with Gasteiger partial charge in [-0.1, -0.05) is 43.1 Å². The summed E-state index contributed by atoms with van der Waals surface area (Å²) in [5.41, 5.74) is 9.06. The minimum atomic E-state index is -0.567. The van der Waals surface area contributed by atoms with Crippen LogP contribution in [0.25, 0.3) is 16.0 Å². The number of carbonyl (C=O) groups excluding carboxylic acids is 1. The number of methoxy groups -OCH3 is 2. The molecule has 9 heteroatoms. The maximum atomic E-state index is 12.2. The van der Waals surface area contributed by atoms with Crippen LogP contribution in [-0.4, -0.2) is 29.7 Å². The molecule has 1 unspecified atom stereocenters. The van der Waals surface area contributed by atoms with Gasteiger partial charge >= 0.3 is 0 Å². The summed E-state index contributed by atoms with van der Waals surface area (Å²) in [5.74, 6) is 0.988. The van der Waals surface area contributed by atoms with E-state index < -0.39 is 5.91 Å². The number of carbonyl (C=O) groups is 1. The van der Waals surface area contributed by atoms with Crippen molar-refractivity contribution < 1.29 is 19.0 Å². The zero-order chi connectivity index (χ0) is 25.0. The van der Waals surface area contributed by atoms with Crippen molar-refractivity contribution in [2.75, 3.05) is 14.2 Å². The molecule has 2 aromatic heterocycles. The first-order chi connectivity index (χ1) is 16.3. The number of aromatic nitrogens is 2. The Morgan fingerprint density at radius 3 is 2.41 bits per heavy atom. The van der Waals surface area contributed by atoms with E-state index in [1.807, 2.05) is 56.5 Å². The zero-order valence-corrected chi connectivity index (χ0v) is 21.6. The highest BCUT2D eigenvalue weighted by Crippen LogP contribution is 2.38.